The van der Waals surface area contributed by atoms with E-state index in [4.69, 9.17) is 21.7 Å². The lowest BCUT2D eigenvalue weighted by atomic mass is 10.1. The second-order valence-corrected chi connectivity index (χ2v) is 4.09. The van der Waals surface area contributed by atoms with Gasteiger partial charge in [-0.1, -0.05) is 0 Å². The maximum Gasteiger partial charge on any atom is 0.325 e. The van der Waals surface area contributed by atoms with Gasteiger partial charge >= 0.3 is 5.97 Å². The first-order valence-electron chi connectivity index (χ1n) is 5.67. The van der Waals surface area contributed by atoms with Crippen molar-refractivity contribution >= 4 is 23.7 Å². The van der Waals surface area contributed by atoms with Crippen LogP contribution in [0.3, 0.4) is 0 Å². The number of hydrogen-bond donors (Lipinski definition) is 6. The molecule has 0 radical (unpaired) electrons. The number of aliphatic hydroxyl groups is 1. The van der Waals surface area contributed by atoms with Crippen LogP contribution in [-0.4, -0.2) is 58.6 Å². The highest BCUT2D eigenvalue weighted by Gasteiger charge is 2.26. The number of aliphatic carboxylic acids is 1. The molecule has 0 rings (SSSR count). The molecule has 3 atom stereocenters. The smallest absolute Gasteiger partial charge is 0.325 e. The lowest BCUT2D eigenvalue weighted by Crippen LogP contribution is -2.55. The summed E-state index contributed by atoms with van der Waals surface area (Å²) in [5, 5.41) is 21.8. The van der Waals surface area contributed by atoms with Gasteiger partial charge in [-0.05, 0) is 6.92 Å². The molecule has 0 aromatic heterocycles. The third-order valence-electron chi connectivity index (χ3n) is 2.30. The molecule has 0 fully saturated rings. The van der Waals surface area contributed by atoms with Crippen molar-refractivity contribution in [3.8, 4) is 0 Å². The average Bonchev–Trinajstić information content (AvgIpc) is 2.34. The van der Waals surface area contributed by atoms with Gasteiger partial charge in [0.15, 0.2) is 0 Å². The first-order chi connectivity index (χ1) is 9.18. The van der Waals surface area contributed by atoms with Crippen LogP contribution in [0.1, 0.15) is 13.3 Å². The Morgan fingerprint density at radius 3 is 2.10 bits per heavy atom. The van der Waals surface area contributed by atoms with Crippen LogP contribution in [0.2, 0.25) is 0 Å². The molecule has 0 spiro atoms. The third kappa shape index (κ3) is 6.11. The van der Waals surface area contributed by atoms with Gasteiger partial charge in [-0.15, -0.1) is 0 Å². The van der Waals surface area contributed by atoms with Crippen LogP contribution in [0.4, 0.5) is 0 Å². The molecule has 0 aromatic rings. The number of carboxylic acid groups (broad SMARTS) is 1. The van der Waals surface area contributed by atoms with Gasteiger partial charge in [-0.2, -0.15) is 0 Å². The molecule has 0 aliphatic carbocycles. The Balaban J connectivity index is 4.53. The number of carbonyl (C=O) groups excluding carboxylic acids is 3. The molecule has 3 amide bonds. The zero-order valence-electron chi connectivity index (χ0n) is 10.8. The zero-order valence-corrected chi connectivity index (χ0v) is 10.8. The van der Waals surface area contributed by atoms with Gasteiger partial charge in [-0.25, -0.2) is 0 Å². The fourth-order valence-electron chi connectivity index (χ4n) is 1.16. The molecule has 0 saturated carbocycles. The standard InChI is InChI=1S/C10H18N4O6/c1-4(10(19)20)13-9(18)6(3-15)14-8(17)5(11)2-7(12)16/h4-6,15H,2-3,11H2,1H3,(H2,12,16)(H,13,18)(H,14,17)(H,19,20). The van der Waals surface area contributed by atoms with Crippen molar-refractivity contribution < 1.29 is 29.4 Å². The monoisotopic (exact) mass is 290 g/mol. The summed E-state index contributed by atoms with van der Waals surface area (Å²) in [6.07, 6.45) is -0.420. The van der Waals surface area contributed by atoms with E-state index in [2.05, 4.69) is 10.6 Å². The van der Waals surface area contributed by atoms with E-state index in [1.807, 2.05) is 0 Å². The number of hydrogen-bond acceptors (Lipinski definition) is 6. The largest absolute Gasteiger partial charge is 0.480 e. The van der Waals surface area contributed by atoms with Crippen LogP contribution in [-0.2, 0) is 19.2 Å². The topological polar surface area (TPSA) is 185 Å². The number of primary amides is 1. The van der Waals surface area contributed by atoms with E-state index in [0.29, 0.717) is 0 Å². The minimum Gasteiger partial charge on any atom is -0.480 e. The number of aliphatic hydroxyl groups excluding tert-OH is 1. The molecule has 20 heavy (non-hydrogen) atoms. The van der Waals surface area contributed by atoms with Crippen molar-refractivity contribution in [1.29, 1.82) is 0 Å². The summed E-state index contributed by atoms with van der Waals surface area (Å²) >= 11 is 0. The molecule has 10 heteroatoms. The summed E-state index contributed by atoms with van der Waals surface area (Å²) in [6.45, 7) is 0.461. The molecule has 0 aliphatic heterocycles. The van der Waals surface area contributed by atoms with Gasteiger partial charge in [0.2, 0.25) is 17.7 Å². The van der Waals surface area contributed by atoms with Crippen molar-refractivity contribution in [3.63, 3.8) is 0 Å². The van der Waals surface area contributed by atoms with Crippen LogP contribution >= 0.6 is 0 Å². The Hall–Kier alpha value is -2.20. The maximum atomic E-state index is 11.6. The van der Waals surface area contributed by atoms with E-state index in [-0.39, 0.29) is 0 Å². The number of amides is 3. The SMILES string of the molecule is CC(NC(=O)C(CO)NC(=O)C(N)CC(N)=O)C(=O)O. The predicted molar refractivity (Wildman–Crippen MR) is 66.0 cm³/mol. The van der Waals surface area contributed by atoms with E-state index in [1.54, 1.807) is 0 Å². The van der Waals surface area contributed by atoms with Crippen LogP contribution in [0, 0.1) is 0 Å². The molecule has 114 valence electrons. The van der Waals surface area contributed by atoms with Crippen molar-refractivity contribution in [3.05, 3.63) is 0 Å². The summed E-state index contributed by atoms with van der Waals surface area (Å²) in [7, 11) is 0. The molecule has 0 bridgehead atoms. The highest BCUT2D eigenvalue weighted by Crippen LogP contribution is 1.92. The van der Waals surface area contributed by atoms with E-state index in [1.165, 1.54) is 6.92 Å². The minimum atomic E-state index is -1.37. The second-order valence-electron chi connectivity index (χ2n) is 4.09. The lowest BCUT2D eigenvalue weighted by Gasteiger charge is -2.19. The van der Waals surface area contributed by atoms with Crippen LogP contribution in [0.25, 0.3) is 0 Å². The molecule has 10 nitrogen and oxygen atoms in total. The van der Waals surface area contributed by atoms with Crippen molar-refractivity contribution in [2.45, 2.75) is 31.5 Å². The van der Waals surface area contributed by atoms with E-state index < -0.39 is 54.8 Å². The quantitative estimate of drug-likeness (QED) is 0.265. The number of nitrogens with two attached hydrogens (primary N) is 2. The van der Waals surface area contributed by atoms with Crippen molar-refractivity contribution in [1.82, 2.24) is 10.6 Å². The summed E-state index contributed by atoms with van der Waals surface area (Å²) in [4.78, 5) is 44.3. The Morgan fingerprint density at radius 1 is 1.15 bits per heavy atom. The van der Waals surface area contributed by atoms with Gasteiger partial charge < -0.3 is 32.3 Å². The minimum absolute atomic E-state index is 0.420. The molecule has 0 aliphatic rings. The van der Waals surface area contributed by atoms with Gasteiger partial charge in [0.25, 0.3) is 0 Å². The van der Waals surface area contributed by atoms with E-state index in [0.717, 1.165) is 0 Å². The van der Waals surface area contributed by atoms with Crippen LogP contribution in [0.5, 0.6) is 0 Å². The van der Waals surface area contributed by atoms with E-state index >= 15 is 0 Å². The molecule has 0 heterocycles. The Kier molecular flexibility index (Phi) is 7.18. The van der Waals surface area contributed by atoms with Gasteiger partial charge in [0.1, 0.15) is 12.1 Å². The van der Waals surface area contributed by atoms with E-state index in [9.17, 15) is 19.2 Å². The third-order valence-corrected chi connectivity index (χ3v) is 2.30. The fraction of sp³-hybridized carbons (Fsp3) is 0.600. The summed E-state index contributed by atoms with van der Waals surface area (Å²) in [6, 6.07) is -3.82. The first kappa shape index (κ1) is 17.8. The second kappa shape index (κ2) is 8.07. The molecule has 0 saturated heterocycles. The van der Waals surface area contributed by atoms with Gasteiger partial charge in [0.05, 0.1) is 19.1 Å². The lowest BCUT2D eigenvalue weighted by molar-refractivity contribution is -0.142. The Labute approximate surface area is 114 Å². The van der Waals surface area contributed by atoms with Crippen molar-refractivity contribution in [2.24, 2.45) is 11.5 Å². The number of rotatable bonds is 8. The van der Waals surface area contributed by atoms with Crippen molar-refractivity contribution in [2.75, 3.05) is 6.61 Å². The number of nitrogens with one attached hydrogen (secondary N) is 2. The maximum absolute atomic E-state index is 11.6. The molecule has 8 N–H and O–H groups in total. The zero-order chi connectivity index (χ0) is 15.9. The highest BCUT2D eigenvalue weighted by molar-refractivity contribution is 5.93. The van der Waals surface area contributed by atoms with Gasteiger partial charge in [0, 0.05) is 0 Å². The predicted octanol–water partition coefficient (Wildman–Crippen LogP) is -3.74. The summed E-state index contributed by atoms with van der Waals surface area (Å²) in [5.41, 5.74) is 10.2. The normalized spacial score (nSPS) is 14.8. The molecule has 0 aromatic carbocycles. The average molecular weight is 290 g/mol. The van der Waals surface area contributed by atoms with Crippen LogP contribution < -0.4 is 22.1 Å². The summed E-state index contributed by atoms with van der Waals surface area (Å²) in [5.74, 6) is -3.81. The van der Waals surface area contributed by atoms with Crippen LogP contribution in [0.15, 0.2) is 0 Å². The number of carboxylic acids is 1. The summed E-state index contributed by atoms with van der Waals surface area (Å²) < 4.78 is 0. The molecule has 3 unspecified atom stereocenters. The van der Waals surface area contributed by atoms with Gasteiger partial charge in [-0.3, -0.25) is 19.2 Å². The Morgan fingerprint density at radius 2 is 1.70 bits per heavy atom. The molecular weight excluding hydrogens is 272 g/mol. The fourth-order valence-corrected chi connectivity index (χ4v) is 1.16. The highest BCUT2D eigenvalue weighted by atomic mass is 16.4. The molecular formula is C10H18N4O6. The Bertz CT molecular complexity index is 399. The number of carbonyl (C=O) groups is 4. The first-order valence-corrected chi connectivity index (χ1v) is 5.67.